The van der Waals surface area contributed by atoms with Crippen molar-refractivity contribution in [2.75, 3.05) is 19.0 Å². The molecule has 0 aliphatic rings. The number of anilines is 1. The van der Waals surface area contributed by atoms with Crippen molar-refractivity contribution in [3.63, 3.8) is 0 Å². The summed E-state index contributed by atoms with van der Waals surface area (Å²) in [4.78, 5) is 11.9. The second kappa shape index (κ2) is 6.30. The van der Waals surface area contributed by atoms with Crippen LogP contribution in [-0.4, -0.2) is 29.8 Å². The SMILES string of the molecule is COc1cc(C)ccc1OCC(=O)Nc1n[nH]c(C)c1C. The molecule has 0 spiro atoms. The van der Waals surface area contributed by atoms with Crippen molar-refractivity contribution in [1.29, 1.82) is 0 Å². The highest BCUT2D eigenvalue weighted by Crippen LogP contribution is 2.27. The first-order valence-electron chi connectivity index (χ1n) is 6.60. The smallest absolute Gasteiger partial charge is 0.263 e. The number of H-pyrrole nitrogens is 1. The summed E-state index contributed by atoms with van der Waals surface area (Å²) >= 11 is 0. The Balaban J connectivity index is 1.97. The molecule has 6 heteroatoms. The number of carbonyl (C=O) groups is 1. The fourth-order valence-electron chi connectivity index (χ4n) is 1.81. The molecule has 1 heterocycles. The molecular weight excluding hydrogens is 270 g/mol. The zero-order valence-corrected chi connectivity index (χ0v) is 12.6. The number of aryl methyl sites for hydroxylation is 2. The Labute approximate surface area is 123 Å². The maximum atomic E-state index is 11.9. The summed E-state index contributed by atoms with van der Waals surface area (Å²) in [5.74, 6) is 1.40. The molecule has 1 aromatic heterocycles. The monoisotopic (exact) mass is 289 g/mol. The van der Waals surface area contributed by atoms with Crippen LogP contribution >= 0.6 is 0 Å². The number of rotatable bonds is 5. The lowest BCUT2D eigenvalue weighted by Crippen LogP contribution is -2.21. The summed E-state index contributed by atoms with van der Waals surface area (Å²) in [6.07, 6.45) is 0. The van der Waals surface area contributed by atoms with Crippen LogP contribution in [0.4, 0.5) is 5.82 Å². The molecule has 1 aromatic carbocycles. The van der Waals surface area contributed by atoms with Gasteiger partial charge in [0.15, 0.2) is 23.9 Å². The summed E-state index contributed by atoms with van der Waals surface area (Å²) in [5, 5.41) is 9.54. The maximum absolute atomic E-state index is 11.9. The molecule has 1 amide bonds. The topological polar surface area (TPSA) is 76.2 Å². The number of carbonyl (C=O) groups excluding carboxylic acids is 1. The summed E-state index contributed by atoms with van der Waals surface area (Å²) < 4.78 is 10.7. The summed E-state index contributed by atoms with van der Waals surface area (Å²) in [6, 6.07) is 5.54. The maximum Gasteiger partial charge on any atom is 0.263 e. The first-order chi connectivity index (χ1) is 10.0. The molecule has 0 unspecified atom stereocenters. The van der Waals surface area contributed by atoms with Crippen LogP contribution in [0.5, 0.6) is 11.5 Å². The lowest BCUT2D eigenvalue weighted by Gasteiger charge is -2.11. The number of amides is 1. The van der Waals surface area contributed by atoms with Gasteiger partial charge in [0.1, 0.15) is 0 Å². The van der Waals surface area contributed by atoms with E-state index in [0.717, 1.165) is 16.8 Å². The molecule has 21 heavy (non-hydrogen) atoms. The van der Waals surface area contributed by atoms with Gasteiger partial charge in [-0.3, -0.25) is 9.89 Å². The van der Waals surface area contributed by atoms with E-state index in [1.165, 1.54) is 0 Å². The lowest BCUT2D eigenvalue weighted by atomic mass is 10.2. The molecule has 2 rings (SSSR count). The van der Waals surface area contributed by atoms with Crippen molar-refractivity contribution in [1.82, 2.24) is 10.2 Å². The third kappa shape index (κ3) is 3.53. The molecule has 0 fully saturated rings. The Morgan fingerprint density at radius 2 is 2.05 bits per heavy atom. The van der Waals surface area contributed by atoms with Gasteiger partial charge in [-0.1, -0.05) is 6.07 Å². The van der Waals surface area contributed by atoms with Crippen LogP contribution in [0.3, 0.4) is 0 Å². The summed E-state index contributed by atoms with van der Waals surface area (Å²) in [6.45, 7) is 5.64. The zero-order chi connectivity index (χ0) is 15.4. The largest absolute Gasteiger partial charge is 0.493 e. The molecule has 0 aliphatic heterocycles. The van der Waals surface area contributed by atoms with Crippen LogP contribution in [0.2, 0.25) is 0 Å². The van der Waals surface area contributed by atoms with Crippen molar-refractivity contribution >= 4 is 11.7 Å². The Kier molecular flexibility index (Phi) is 4.47. The van der Waals surface area contributed by atoms with E-state index < -0.39 is 0 Å². The van der Waals surface area contributed by atoms with E-state index in [4.69, 9.17) is 9.47 Å². The summed E-state index contributed by atoms with van der Waals surface area (Å²) in [5.41, 5.74) is 2.90. The molecule has 2 aromatic rings. The third-order valence-electron chi connectivity index (χ3n) is 3.19. The summed E-state index contributed by atoms with van der Waals surface area (Å²) in [7, 11) is 1.57. The molecule has 6 nitrogen and oxygen atoms in total. The third-order valence-corrected chi connectivity index (χ3v) is 3.19. The normalized spacial score (nSPS) is 10.3. The van der Waals surface area contributed by atoms with Crippen molar-refractivity contribution in [3.8, 4) is 11.5 Å². The van der Waals surface area contributed by atoms with Crippen LogP contribution in [0.25, 0.3) is 0 Å². The number of methoxy groups -OCH3 is 1. The van der Waals surface area contributed by atoms with E-state index in [1.807, 2.05) is 32.9 Å². The Morgan fingerprint density at radius 3 is 2.67 bits per heavy atom. The van der Waals surface area contributed by atoms with Crippen molar-refractivity contribution in [2.45, 2.75) is 20.8 Å². The second-order valence-electron chi connectivity index (χ2n) is 4.81. The number of aromatic nitrogens is 2. The Morgan fingerprint density at radius 1 is 1.29 bits per heavy atom. The van der Waals surface area contributed by atoms with Crippen LogP contribution < -0.4 is 14.8 Å². The Hall–Kier alpha value is -2.50. The van der Waals surface area contributed by atoms with Gasteiger partial charge in [0.25, 0.3) is 5.91 Å². The minimum Gasteiger partial charge on any atom is -0.493 e. The standard InChI is InChI=1S/C15H19N3O3/c1-9-5-6-12(13(7-9)20-4)21-8-14(19)16-15-10(2)11(3)17-18-15/h5-7H,8H2,1-4H3,(H2,16,17,18,19). The molecule has 0 aliphatic carbocycles. The van der Waals surface area contributed by atoms with Crippen molar-refractivity contribution in [2.24, 2.45) is 0 Å². The predicted octanol–water partition coefficient (Wildman–Crippen LogP) is 2.36. The molecule has 0 saturated carbocycles. The number of ether oxygens (including phenoxy) is 2. The van der Waals surface area contributed by atoms with E-state index in [1.54, 1.807) is 13.2 Å². The quantitative estimate of drug-likeness (QED) is 0.886. The second-order valence-corrected chi connectivity index (χ2v) is 4.81. The highest BCUT2D eigenvalue weighted by atomic mass is 16.5. The van der Waals surface area contributed by atoms with Gasteiger partial charge < -0.3 is 14.8 Å². The van der Waals surface area contributed by atoms with E-state index in [9.17, 15) is 4.79 Å². The average Bonchev–Trinajstić information content (AvgIpc) is 2.78. The van der Waals surface area contributed by atoms with Crippen LogP contribution in [0.1, 0.15) is 16.8 Å². The van der Waals surface area contributed by atoms with Crippen LogP contribution in [0.15, 0.2) is 18.2 Å². The minimum atomic E-state index is -0.271. The zero-order valence-electron chi connectivity index (χ0n) is 12.6. The van der Waals surface area contributed by atoms with Gasteiger partial charge in [0.2, 0.25) is 0 Å². The first kappa shape index (κ1) is 14.9. The molecule has 0 bridgehead atoms. The molecule has 0 radical (unpaired) electrons. The fraction of sp³-hybridized carbons (Fsp3) is 0.333. The number of nitrogens with zero attached hydrogens (tertiary/aromatic N) is 1. The molecule has 2 N–H and O–H groups in total. The van der Waals surface area contributed by atoms with Gasteiger partial charge in [-0.15, -0.1) is 0 Å². The Bertz CT molecular complexity index is 650. The van der Waals surface area contributed by atoms with E-state index in [-0.39, 0.29) is 12.5 Å². The molecule has 0 atom stereocenters. The number of hydrogen-bond acceptors (Lipinski definition) is 4. The van der Waals surface area contributed by atoms with Gasteiger partial charge in [-0.25, -0.2) is 0 Å². The van der Waals surface area contributed by atoms with E-state index in [2.05, 4.69) is 15.5 Å². The van der Waals surface area contributed by atoms with Gasteiger partial charge >= 0.3 is 0 Å². The number of aromatic amines is 1. The number of nitrogens with one attached hydrogen (secondary N) is 2. The van der Waals surface area contributed by atoms with Crippen LogP contribution in [-0.2, 0) is 4.79 Å². The van der Waals surface area contributed by atoms with Gasteiger partial charge in [0, 0.05) is 11.3 Å². The van der Waals surface area contributed by atoms with Gasteiger partial charge in [0.05, 0.1) is 7.11 Å². The van der Waals surface area contributed by atoms with Gasteiger partial charge in [-0.2, -0.15) is 5.10 Å². The average molecular weight is 289 g/mol. The predicted molar refractivity (Wildman–Crippen MR) is 79.9 cm³/mol. The van der Waals surface area contributed by atoms with E-state index in [0.29, 0.717) is 17.3 Å². The number of benzene rings is 1. The highest BCUT2D eigenvalue weighted by molar-refractivity contribution is 5.91. The van der Waals surface area contributed by atoms with E-state index >= 15 is 0 Å². The van der Waals surface area contributed by atoms with Crippen molar-refractivity contribution < 1.29 is 14.3 Å². The van der Waals surface area contributed by atoms with Crippen molar-refractivity contribution in [3.05, 3.63) is 35.0 Å². The number of hydrogen-bond donors (Lipinski definition) is 2. The molecule has 0 saturated heterocycles. The molecular formula is C15H19N3O3. The first-order valence-corrected chi connectivity index (χ1v) is 6.60. The van der Waals surface area contributed by atoms with Crippen LogP contribution in [0, 0.1) is 20.8 Å². The lowest BCUT2D eigenvalue weighted by molar-refractivity contribution is -0.118. The highest BCUT2D eigenvalue weighted by Gasteiger charge is 2.11. The van der Waals surface area contributed by atoms with Gasteiger partial charge in [-0.05, 0) is 38.5 Å². The molecule has 112 valence electrons. The minimum absolute atomic E-state index is 0.106. The fourth-order valence-corrected chi connectivity index (χ4v) is 1.81.